The van der Waals surface area contributed by atoms with E-state index in [1.807, 2.05) is 45.0 Å². The topological polar surface area (TPSA) is 20.3 Å². The van der Waals surface area contributed by atoms with Crippen LogP contribution in [0.3, 0.4) is 0 Å². The average molecular weight is 319 g/mol. The third-order valence-electron chi connectivity index (χ3n) is 2.50. The van der Waals surface area contributed by atoms with Crippen LogP contribution in [-0.2, 0) is 11.3 Å². The van der Waals surface area contributed by atoms with Crippen LogP contribution in [0.25, 0.3) is 0 Å². The summed E-state index contributed by atoms with van der Waals surface area (Å²) in [5.41, 5.74) is 0.973. The van der Waals surface area contributed by atoms with Crippen molar-refractivity contribution in [2.45, 2.75) is 31.6 Å². The van der Waals surface area contributed by atoms with Gasteiger partial charge in [-0.2, -0.15) is 0 Å². The van der Waals surface area contributed by atoms with Crippen molar-refractivity contribution in [3.05, 3.63) is 34.9 Å². The Bertz CT molecular complexity index is 401. The lowest BCUT2D eigenvalue weighted by Crippen LogP contribution is -2.41. The summed E-state index contributed by atoms with van der Waals surface area (Å²) >= 11 is 9.49. The van der Waals surface area contributed by atoms with Crippen LogP contribution < -0.4 is 0 Å². The van der Waals surface area contributed by atoms with Crippen LogP contribution >= 0.6 is 27.5 Å². The molecule has 0 saturated carbocycles. The van der Waals surface area contributed by atoms with Crippen LogP contribution in [-0.4, -0.2) is 21.7 Å². The first kappa shape index (κ1) is 14.5. The first-order chi connectivity index (χ1) is 7.86. The maximum Gasteiger partial charge on any atom is 0.239 e. The summed E-state index contributed by atoms with van der Waals surface area (Å²) in [7, 11) is 0. The van der Waals surface area contributed by atoms with Crippen molar-refractivity contribution in [1.82, 2.24) is 4.90 Å². The molecule has 1 rings (SSSR count). The standard InChI is InChI=1S/C13H17BrClNO/c1-4-16(12(17)13(2,3)14)9-10-7-5-6-8-11(10)15/h5-8H,4,9H2,1-3H3. The van der Waals surface area contributed by atoms with Gasteiger partial charge in [-0.05, 0) is 32.4 Å². The summed E-state index contributed by atoms with van der Waals surface area (Å²) in [6.07, 6.45) is 0. The number of alkyl halides is 1. The number of amides is 1. The molecule has 1 aromatic carbocycles. The summed E-state index contributed by atoms with van der Waals surface area (Å²) in [4.78, 5) is 13.9. The highest BCUT2D eigenvalue weighted by atomic mass is 79.9. The van der Waals surface area contributed by atoms with Gasteiger partial charge in [0.1, 0.15) is 0 Å². The molecular weight excluding hydrogens is 302 g/mol. The van der Waals surface area contributed by atoms with Gasteiger partial charge in [0, 0.05) is 18.1 Å². The molecular formula is C13H17BrClNO. The lowest BCUT2D eigenvalue weighted by Gasteiger charge is -2.27. The van der Waals surface area contributed by atoms with Crippen molar-refractivity contribution in [2.24, 2.45) is 0 Å². The van der Waals surface area contributed by atoms with Crippen LogP contribution in [0.4, 0.5) is 0 Å². The van der Waals surface area contributed by atoms with Crippen molar-refractivity contribution in [2.75, 3.05) is 6.54 Å². The molecule has 0 atom stereocenters. The second-order valence-electron chi connectivity index (χ2n) is 4.38. The Morgan fingerprint density at radius 1 is 1.41 bits per heavy atom. The fourth-order valence-electron chi connectivity index (χ4n) is 1.54. The second kappa shape index (κ2) is 5.87. The number of rotatable bonds is 4. The van der Waals surface area contributed by atoms with Crippen LogP contribution in [0.1, 0.15) is 26.3 Å². The molecule has 0 heterocycles. The molecule has 0 radical (unpaired) electrons. The summed E-state index contributed by atoms with van der Waals surface area (Å²) in [6, 6.07) is 7.60. The minimum Gasteiger partial charge on any atom is -0.337 e. The van der Waals surface area contributed by atoms with Gasteiger partial charge in [-0.1, -0.05) is 45.7 Å². The fraction of sp³-hybridized carbons (Fsp3) is 0.462. The molecule has 0 saturated heterocycles. The zero-order chi connectivity index (χ0) is 13.1. The second-order valence-corrected chi connectivity index (χ2v) is 6.77. The first-order valence-electron chi connectivity index (χ1n) is 5.58. The Hall–Kier alpha value is -0.540. The van der Waals surface area contributed by atoms with Crippen LogP contribution in [0.5, 0.6) is 0 Å². The Labute approximate surface area is 116 Å². The van der Waals surface area contributed by atoms with E-state index in [0.29, 0.717) is 18.1 Å². The predicted molar refractivity (Wildman–Crippen MR) is 75.5 cm³/mol. The number of carbonyl (C=O) groups excluding carboxylic acids is 1. The van der Waals surface area contributed by atoms with Crippen molar-refractivity contribution >= 4 is 33.4 Å². The molecule has 4 heteroatoms. The maximum atomic E-state index is 12.1. The minimum atomic E-state index is -0.537. The van der Waals surface area contributed by atoms with Gasteiger partial charge in [0.05, 0.1) is 4.32 Å². The molecule has 0 spiro atoms. The molecule has 0 aliphatic rings. The van der Waals surface area contributed by atoms with E-state index in [9.17, 15) is 4.79 Å². The molecule has 0 aromatic heterocycles. The first-order valence-corrected chi connectivity index (χ1v) is 6.75. The molecule has 0 bridgehead atoms. The molecule has 2 nitrogen and oxygen atoms in total. The lowest BCUT2D eigenvalue weighted by atomic mass is 10.1. The van der Waals surface area contributed by atoms with E-state index in [1.165, 1.54) is 0 Å². The molecule has 0 aliphatic heterocycles. The molecule has 1 aromatic rings. The van der Waals surface area contributed by atoms with Gasteiger partial charge in [0.15, 0.2) is 0 Å². The van der Waals surface area contributed by atoms with Gasteiger partial charge >= 0.3 is 0 Å². The van der Waals surface area contributed by atoms with Crippen LogP contribution in [0, 0.1) is 0 Å². The van der Waals surface area contributed by atoms with E-state index in [1.54, 1.807) is 4.90 Å². The van der Waals surface area contributed by atoms with Gasteiger partial charge in [-0.3, -0.25) is 4.79 Å². The number of halogens is 2. The van der Waals surface area contributed by atoms with Crippen molar-refractivity contribution in [1.29, 1.82) is 0 Å². The Morgan fingerprint density at radius 3 is 2.47 bits per heavy atom. The van der Waals surface area contributed by atoms with E-state index in [-0.39, 0.29) is 5.91 Å². The number of hydrogen-bond donors (Lipinski definition) is 0. The van der Waals surface area contributed by atoms with Crippen LogP contribution in [0.15, 0.2) is 24.3 Å². The monoisotopic (exact) mass is 317 g/mol. The Morgan fingerprint density at radius 2 is 2.00 bits per heavy atom. The summed E-state index contributed by atoms with van der Waals surface area (Å²) in [6.45, 7) is 6.88. The molecule has 0 fully saturated rings. The summed E-state index contributed by atoms with van der Waals surface area (Å²) in [5, 5.41) is 0.700. The highest BCUT2D eigenvalue weighted by Gasteiger charge is 2.28. The Balaban J connectivity index is 2.85. The van der Waals surface area contributed by atoms with Crippen LogP contribution in [0.2, 0.25) is 5.02 Å². The molecule has 94 valence electrons. The Kier molecular flexibility index (Phi) is 5.02. The van der Waals surface area contributed by atoms with Crippen molar-refractivity contribution < 1.29 is 4.79 Å². The molecule has 0 aliphatic carbocycles. The van der Waals surface area contributed by atoms with E-state index < -0.39 is 4.32 Å². The van der Waals surface area contributed by atoms with Crippen molar-refractivity contribution in [3.8, 4) is 0 Å². The number of hydrogen-bond acceptors (Lipinski definition) is 1. The SMILES string of the molecule is CCN(Cc1ccccc1Cl)C(=O)C(C)(C)Br. The van der Waals surface area contributed by atoms with Gasteiger partial charge in [-0.15, -0.1) is 0 Å². The molecule has 0 N–H and O–H groups in total. The van der Waals surface area contributed by atoms with Gasteiger partial charge < -0.3 is 4.90 Å². The van der Waals surface area contributed by atoms with Gasteiger partial charge in [-0.25, -0.2) is 0 Å². The van der Waals surface area contributed by atoms with E-state index >= 15 is 0 Å². The average Bonchev–Trinajstić information content (AvgIpc) is 2.26. The van der Waals surface area contributed by atoms with Gasteiger partial charge in [0.25, 0.3) is 0 Å². The van der Waals surface area contributed by atoms with Crippen molar-refractivity contribution in [3.63, 3.8) is 0 Å². The smallest absolute Gasteiger partial charge is 0.239 e. The highest BCUT2D eigenvalue weighted by molar-refractivity contribution is 9.10. The zero-order valence-corrected chi connectivity index (χ0v) is 12.7. The summed E-state index contributed by atoms with van der Waals surface area (Å²) in [5.74, 6) is 0.0694. The number of benzene rings is 1. The number of nitrogens with zero attached hydrogens (tertiary/aromatic N) is 1. The largest absolute Gasteiger partial charge is 0.337 e. The third-order valence-corrected chi connectivity index (χ3v) is 3.20. The fourth-order valence-corrected chi connectivity index (χ4v) is 1.98. The zero-order valence-electron chi connectivity index (χ0n) is 10.3. The van der Waals surface area contributed by atoms with Gasteiger partial charge in [0.2, 0.25) is 5.91 Å². The molecule has 17 heavy (non-hydrogen) atoms. The number of carbonyl (C=O) groups is 1. The summed E-state index contributed by atoms with van der Waals surface area (Å²) < 4.78 is -0.537. The van der Waals surface area contributed by atoms with E-state index in [2.05, 4.69) is 15.9 Å². The van der Waals surface area contributed by atoms with E-state index in [0.717, 1.165) is 5.56 Å². The molecule has 0 unspecified atom stereocenters. The third kappa shape index (κ3) is 4.00. The predicted octanol–water partition coefficient (Wildman–Crippen LogP) is 3.86. The highest BCUT2D eigenvalue weighted by Crippen LogP contribution is 2.22. The maximum absolute atomic E-state index is 12.1. The van der Waals surface area contributed by atoms with E-state index in [4.69, 9.17) is 11.6 Å². The normalized spacial score (nSPS) is 11.4. The quantitative estimate of drug-likeness (QED) is 0.772. The molecule has 1 amide bonds. The lowest BCUT2D eigenvalue weighted by molar-refractivity contribution is -0.133. The minimum absolute atomic E-state index is 0.0694.